The zero-order chi connectivity index (χ0) is 21.8. The van der Waals surface area contributed by atoms with Gasteiger partial charge in [0.15, 0.2) is 0 Å². The number of hydrogen-bond acceptors (Lipinski definition) is 3. The molecule has 2 aromatic rings. The molecule has 0 spiro atoms. The summed E-state index contributed by atoms with van der Waals surface area (Å²) in [6.07, 6.45) is 8.36. The van der Waals surface area contributed by atoms with Gasteiger partial charge in [-0.1, -0.05) is 42.8 Å². The molecule has 2 aromatic carbocycles. The number of halogens is 1. The number of rotatable bonds is 6. The average Bonchev–Trinajstić information content (AvgIpc) is 3.10. The number of fused-ring (bicyclic) bond motifs is 1. The van der Waals surface area contributed by atoms with Crippen LogP contribution in [0.5, 0.6) is 0 Å². The van der Waals surface area contributed by atoms with Crippen molar-refractivity contribution in [2.75, 3.05) is 0 Å². The lowest BCUT2D eigenvalue weighted by Gasteiger charge is -2.38. The first-order valence-corrected chi connectivity index (χ1v) is 10.7. The van der Waals surface area contributed by atoms with Gasteiger partial charge in [-0.25, -0.2) is 9.38 Å². The van der Waals surface area contributed by atoms with E-state index in [0.29, 0.717) is 11.6 Å². The number of hydrogen-bond donors (Lipinski definition) is 2. The van der Waals surface area contributed by atoms with Crippen molar-refractivity contribution in [1.29, 1.82) is 0 Å². The summed E-state index contributed by atoms with van der Waals surface area (Å²) in [5, 5.41) is 3.02. The van der Waals surface area contributed by atoms with Crippen molar-refractivity contribution in [2.24, 2.45) is 22.1 Å². The molecule has 160 valence electrons. The average molecular weight is 418 g/mol. The van der Waals surface area contributed by atoms with Crippen LogP contribution in [0, 0.1) is 17.2 Å². The van der Waals surface area contributed by atoms with Crippen LogP contribution in [0.2, 0.25) is 0 Å². The first-order valence-electron chi connectivity index (χ1n) is 10.7. The van der Waals surface area contributed by atoms with Gasteiger partial charge in [-0.3, -0.25) is 4.79 Å². The van der Waals surface area contributed by atoms with Crippen LogP contribution in [0.1, 0.15) is 44.2 Å². The summed E-state index contributed by atoms with van der Waals surface area (Å²) in [5.41, 5.74) is 11.1. The van der Waals surface area contributed by atoms with E-state index in [0.717, 1.165) is 48.9 Å². The highest BCUT2D eigenvalue weighted by molar-refractivity contribution is 6.11. The molecule has 1 fully saturated rings. The fourth-order valence-corrected chi connectivity index (χ4v) is 5.07. The first kappa shape index (κ1) is 21.0. The maximum Gasteiger partial charge on any atom is 0.207 e. The zero-order valence-corrected chi connectivity index (χ0v) is 17.7. The van der Waals surface area contributed by atoms with Gasteiger partial charge in [-0.2, -0.15) is 0 Å². The van der Waals surface area contributed by atoms with E-state index in [9.17, 15) is 9.18 Å². The Labute approximate surface area is 182 Å². The third kappa shape index (κ3) is 4.31. The summed E-state index contributed by atoms with van der Waals surface area (Å²) in [5.74, 6) is 0.141. The zero-order valence-electron chi connectivity index (χ0n) is 17.7. The minimum absolute atomic E-state index is 0.0144. The number of nitrogens with zero attached hydrogens (tertiary/aromatic N) is 1. The lowest BCUT2D eigenvalue weighted by Crippen LogP contribution is -2.33. The summed E-state index contributed by atoms with van der Waals surface area (Å²) in [4.78, 5) is 16.0. The number of carbonyl (C=O) groups excluding carboxylic acids is 1. The molecule has 4 nitrogen and oxygen atoms in total. The van der Waals surface area contributed by atoms with Gasteiger partial charge in [0, 0.05) is 0 Å². The smallest absolute Gasteiger partial charge is 0.207 e. The Morgan fingerprint density at radius 2 is 1.97 bits per heavy atom. The predicted molar refractivity (Wildman–Crippen MR) is 122 cm³/mol. The molecule has 1 saturated carbocycles. The van der Waals surface area contributed by atoms with Crippen molar-refractivity contribution >= 4 is 17.8 Å². The molecule has 4 rings (SSSR count). The molecule has 2 aliphatic rings. The first-order chi connectivity index (χ1) is 15.0. The summed E-state index contributed by atoms with van der Waals surface area (Å²) in [7, 11) is 0. The minimum atomic E-state index is -0.274. The number of nitrogens with two attached hydrogens (primary N) is 1. The fourth-order valence-electron chi connectivity index (χ4n) is 5.07. The second kappa shape index (κ2) is 8.88. The van der Waals surface area contributed by atoms with Crippen LogP contribution in [0.25, 0.3) is 0 Å². The number of benzene rings is 2. The molecule has 0 heterocycles. The van der Waals surface area contributed by atoms with Gasteiger partial charge in [-0.15, -0.1) is 0 Å². The van der Waals surface area contributed by atoms with Crippen molar-refractivity contribution in [3.8, 4) is 0 Å². The van der Waals surface area contributed by atoms with Crippen molar-refractivity contribution in [2.45, 2.75) is 38.6 Å². The normalized spacial score (nSPS) is 26.4. The van der Waals surface area contributed by atoms with E-state index in [-0.39, 0.29) is 17.3 Å². The van der Waals surface area contributed by atoms with E-state index in [4.69, 9.17) is 10.7 Å². The van der Waals surface area contributed by atoms with Crippen LogP contribution in [0.4, 0.5) is 10.1 Å². The van der Waals surface area contributed by atoms with Crippen LogP contribution in [0.3, 0.4) is 0 Å². The van der Waals surface area contributed by atoms with E-state index in [1.807, 2.05) is 18.2 Å². The molecule has 2 aliphatic carbocycles. The Bertz CT molecular complexity index is 1030. The topological polar surface area (TPSA) is 67.5 Å². The van der Waals surface area contributed by atoms with E-state index < -0.39 is 0 Å². The van der Waals surface area contributed by atoms with Gasteiger partial charge in [0.1, 0.15) is 5.82 Å². The van der Waals surface area contributed by atoms with Gasteiger partial charge in [-0.05, 0) is 84.7 Å². The molecular formula is C26H28FN3O. The lowest BCUT2D eigenvalue weighted by atomic mass is 9.67. The van der Waals surface area contributed by atoms with Crippen LogP contribution in [-0.2, 0) is 4.79 Å². The summed E-state index contributed by atoms with van der Waals surface area (Å²) < 4.78 is 13.2. The van der Waals surface area contributed by atoms with Crippen LogP contribution < -0.4 is 11.1 Å². The van der Waals surface area contributed by atoms with E-state index in [1.54, 1.807) is 18.3 Å². The Balaban J connectivity index is 1.62. The Hall–Kier alpha value is -3.21. The molecule has 0 saturated heterocycles. The monoisotopic (exact) mass is 417 g/mol. The Morgan fingerprint density at radius 1 is 1.23 bits per heavy atom. The standard InChI is InChI=1S/C26H28FN3O/c1-26-15-19(16-28)25(30-23-11-9-22(27)10-12-23)14-21(26)8-7-20(26)13-24(29-17-31)18-5-3-2-4-6-18/h2-6,9-12,14,16-17,20,24H,7-8,13,15,28H2,1H3,(H,29,31)/t20-,24?,26-/m1/s1. The molecule has 0 radical (unpaired) electrons. The molecule has 3 atom stereocenters. The Kier molecular flexibility index (Phi) is 6.03. The number of carbonyl (C=O) groups is 1. The van der Waals surface area contributed by atoms with Gasteiger partial charge in [0.05, 0.1) is 17.4 Å². The van der Waals surface area contributed by atoms with Crippen LogP contribution in [-0.4, -0.2) is 12.1 Å². The van der Waals surface area contributed by atoms with Gasteiger partial charge >= 0.3 is 0 Å². The van der Waals surface area contributed by atoms with Crippen molar-refractivity contribution in [1.82, 2.24) is 5.32 Å². The minimum Gasteiger partial charge on any atom is -0.404 e. The Morgan fingerprint density at radius 3 is 2.65 bits per heavy atom. The van der Waals surface area contributed by atoms with Crippen LogP contribution >= 0.6 is 0 Å². The maximum absolute atomic E-state index is 13.2. The highest BCUT2D eigenvalue weighted by Gasteiger charge is 2.46. The molecule has 0 aliphatic heterocycles. The second-order valence-corrected chi connectivity index (χ2v) is 8.65. The highest BCUT2D eigenvalue weighted by atomic mass is 19.1. The second-order valence-electron chi connectivity index (χ2n) is 8.65. The molecule has 0 bridgehead atoms. The van der Waals surface area contributed by atoms with E-state index in [1.165, 1.54) is 17.7 Å². The molecular weight excluding hydrogens is 389 g/mol. The molecule has 3 N–H and O–H groups in total. The predicted octanol–water partition coefficient (Wildman–Crippen LogP) is 5.36. The van der Waals surface area contributed by atoms with E-state index in [2.05, 4.69) is 30.4 Å². The number of amides is 1. The quantitative estimate of drug-likeness (QED) is 0.621. The van der Waals surface area contributed by atoms with Crippen molar-refractivity contribution < 1.29 is 9.18 Å². The summed E-state index contributed by atoms with van der Waals surface area (Å²) in [6.45, 7) is 2.30. The summed E-state index contributed by atoms with van der Waals surface area (Å²) >= 11 is 0. The SMILES string of the molecule is C[C@]12CC(=CN)C(=Nc3ccc(F)cc3)C=C1CC[C@@H]2CC(NC=O)c1ccccc1. The number of nitrogens with one attached hydrogen (secondary N) is 1. The number of allylic oxidation sites excluding steroid dienone is 3. The lowest BCUT2D eigenvalue weighted by molar-refractivity contribution is -0.110. The van der Waals surface area contributed by atoms with Gasteiger partial charge in [0.2, 0.25) is 6.41 Å². The largest absolute Gasteiger partial charge is 0.404 e. The molecule has 0 aromatic heterocycles. The number of aliphatic imine (C=N–C) groups is 1. The molecule has 1 unspecified atom stereocenters. The van der Waals surface area contributed by atoms with Crippen LogP contribution in [0.15, 0.2) is 83.0 Å². The van der Waals surface area contributed by atoms with E-state index >= 15 is 0 Å². The molecule has 5 heteroatoms. The maximum atomic E-state index is 13.2. The third-order valence-corrected chi connectivity index (χ3v) is 6.86. The van der Waals surface area contributed by atoms with Gasteiger partial charge in [0.25, 0.3) is 0 Å². The fraction of sp³-hybridized carbons (Fsp3) is 0.308. The molecule has 1 amide bonds. The highest BCUT2D eigenvalue weighted by Crippen LogP contribution is 2.56. The van der Waals surface area contributed by atoms with Gasteiger partial charge < -0.3 is 11.1 Å². The summed E-state index contributed by atoms with van der Waals surface area (Å²) in [6, 6.07) is 16.3. The molecule has 31 heavy (non-hydrogen) atoms. The van der Waals surface area contributed by atoms with Crippen molar-refractivity contribution in [3.63, 3.8) is 0 Å². The van der Waals surface area contributed by atoms with Crippen molar-refractivity contribution in [3.05, 3.63) is 89.4 Å². The third-order valence-electron chi connectivity index (χ3n) is 6.86.